The summed E-state index contributed by atoms with van der Waals surface area (Å²) in [4.78, 5) is 0. The van der Waals surface area contributed by atoms with Crippen LogP contribution >= 0.6 is 27.5 Å². The van der Waals surface area contributed by atoms with E-state index < -0.39 is 0 Å². The lowest BCUT2D eigenvalue weighted by Crippen LogP contribution is -1.95. The third-order valence-electron chi connectivity index (χ3n) is 2.55. The zero-order valence-electron chi connectivity index (χ0n) is 10.1. The van der Waals surface area contributed by atoms with E-state index in [1.807, 2.05) is 12.1 Å². The number of hydrogen-bond acceptors (Lipinski definition) is 3. The number of ether oxygens (including phenoxy) is 1. The van der Waals surface area contributed by atoms with Crippen LogP contribution in [0.5, 0.6) is 5.75 Å². The van der Waals surface area contributed by atoms with Crippen molar-refractivity contribution >= 4 is 38.9 Å². The molecule has 0 aliphatic heterocycles. The first-order valence-electron chi connectivity index (χ1n) is 5.44. The van der Waals surface area contributed by atoms with Gasteiger partial charge in [0.15, 0.2) is 0 Å². The first kappa shape index (κ1) is 13.7. The van der Waals surface area contributed by atoms with E-state index in [1.165, 1.54) is 0 Å². The van der Waals surface area contributed by atoms with E-state index in [2.05, 4.69) is 27.3 Å². The van der Waals surface area contributed by atoms with Crippen molar-refractivity contribution in [1.29, 1.82) is 5.26 Å². The van der Waals surface area contributed by atoms with Crippen LogP contribution in [0, 0.1) is 11.3 Å². The Labute approximate surface area is 124 Å². The maximum absolute atomic E-state index is 9.10. The largest absolute Gasteiger partial charge is 0.497 e. The molecule has 0 atom stereocenters. The molecule has 2 aromatic rings. The van der Waals surface area contributed by atoms with Gasteiger partial charge in [-0.25, -0.2) is 0 Å². The maximum atomic E-state index is 9.10. The highest BCUT2D eigenvalue weighted by Gasteiger charge is 2.07. The summed E-state index contributed by atoms with van der Waals surface area (Å²) >= 11 is 9.49. The molecule has 0 aliphatic rings. The van der Waals surface area contributed by atoms with Crippen LogP contribution in [0.25, 0.3) is 0 Å². The minimum atomic E-state index is 0.528. The molecule has 96 valence electrons. The topological polar surface area (TPSA) is 45.0 Å². The predicted octanol–water partition coefficient (Wildman–Crippen LogP) is 4.73. The van der Waals surface area contributed by atoms with Crippen LogP contribution in [-0.4, -0.2) is 7.11 Å². The average molecular weight is 338 g/mol. The standard InChI is InChI=1S/C14H10BrClN2O/c1-19-11-4-2-9(8-17)14(7-11)18-13-5-3-10(15)6-12(13)16/h2-7,18H,1H3. The number of nitrogens with zero attached hydrogens (tertiary/aromatic N) is 1. The SMILES string of the molecule is COc1ccc(C#N)c(Nc2ccc(Br)cc2Cl)c1. The van der Waals surface area contributed by atoms with Crippen molar-refractivity contribution in [1.82, 2.24) is 0 Å². The Bertz CT molecular complexity index is 652. The second-order valence-electron chi connectivity index (χ2n) is 3.77. The van der Waals surface area contributed by atoms with Crippen LogP contribution in [0.4, 0.5) is 11.4 Å². The Morgan fingerprint density at radius 3 is 2.63 bits per heavy atom. The highest BCUT2D eigenvalue weighted by Crippen LogP contribution is 2.31. The zero-order chi connectivity index (χ0) is 13.8. The second-order valence-corrected chi connectivity index (χ2v) is 5.10. The van der Waals surface area contributed by atoms with Gasteiger partial charge in [0.25, 0.3) is 0 Å². The molecule has 0 saturated heterocycles. The summed E-state index contributed by atoms with van der Waals surface area (Å²) in [5, 5.41) is 12.8. The van der Waals surface area contributed by atoms with Crippen molar-refractivity contribution in [3.63, 3.8) is 0 Å². The third-order valence-corrected chi connectivity index (χ3v) is 3.35. The van der Waals surface area contributed by atoms with Gasteiger partial charge in [-0.3, -0.25) is 0 Å². The lowest BCUT2D eigenvalue weighted by atomic mass is 10.1. The fourth-order valence-electron chi connectivity index (χ4n) is 1.59. The number of hydrogen-bond donors (Lipinski definition) is 1. The van der Waals surface area contributed by atoms with E-state index in [9.17, 15) is 0 Å². The zero-order valence-corrected chi connectivity index (χ0v) is 12.4. The molecule has 1 N–H and O–H groups in total. The summed E-state index contributed by atoms with van der Waals surface area (Å²) in [5.74, 6) is 0.676. The molecule has 2 aromatic carbocycles. The van der Waals surface area contributed by atoms with Gasteiger partial charge in [0.2, 0.25) is 0 Å². The Morgan fingerprint density at radius 1 is 1.21 bits per heavy atom. The Kier molecular flexibility index (Phi) is 4.31. The molecule has 19 heavy (non-hydrogen) atoms. The molecule has 0 saturated carbocycles. The van der Waals surface area contributed by atoms with E-state index >= 15 is 0 Å². The molecule has 3 nitrogen and oxygen atoms in total. The van der Waals surface area contributed by atoms with E-state index in [0.29, 0.717) is 22.0 Å². The van der Waals surface area contributed by atoms with Crippen molar-refractivity contribution in [2.45, 2.75) is 0 Å². The molecular weight excluding hydrogens is 328 g/mol. The summed E-state index contributed by atoms with van der Waals surface area (Å²) in [7, 11) is 1.58. The molecule has 0 fully saturated rings. The molecular formula is C14H10BrClN2O. The minimum Gasteiger partial charge on any atom is -0.497 e. The van der Waals surface area contributed by atoms with Crippen LogP contribution in [0.2, 0.25) is 5.02 Å². The molecule has 0 radical (unpaired) electrons. The number of methoxy groups -OCH3 is 1. The molecule has 0 amide bonds. The molecule has 0 heterocycles. The summed E-state index contributed by atoms with van der Waals surface area (Å²) in [6, 6.07) is 12.8. The van der Waals surface area contributed by atoms with E-state index in [-0.39, 0.29) is 0 Å². The van der Waals surface area contributed by atoms with Crippen molar-refractivity contribution in [2.24, 2.45) is 0 Å². The quantitative estimate of drug-likeness (QED) is 0.881. The highest BCUT2D eigenvalue weighted by molar-refractivity contribution is 9.10. The van der Waals surface area contributed by atoms with Crippen LogP contribution in [0.3, 0.4) is 0 Å². The molecule has 2 rings (SSSR count). The fraction of sp³-hybridized carbons (Fsp3) is 0.0714. The Morgan fingerprint density at radius 2 is 2.00 bits per heavy atom. The summed E-state index contributed by atoms with van der Waals surface area (Å²) in [5.41, 5.74) is 1.92. The maximum Gasteiger partial charge on any atom is 0.121 e. The number of nitriles is 1. The van der Waals surface area contributed by atoms with E-state index in [0.717, 1.165) is 10.2 Å². The predicted molar refractivity (Wildman–Crippen MR) is 80.1 cm³/mol. The number of anilines is 2. The Hall–Kier alpha value is -1.70. The molecule has 5 heteroatoms. The number of halogens is 2. The third kappa shape index (κ3) is 3.19. The Balaban J connectivity index is 2.39. The monoisotopic (exact) mass is 336 g/mol. The van der Waals surface area contributed by atoms with Crippen molar-refractivity contribution in [3.8, 4) is 11.8 Å². The van der Waals surface area contributed by atoms with Crippen LogP contribution < -0.4 is 10.1 Å². The van der Waals surface area contributed by atoms with Crippen LogP contribution in [-0.2, 0) is 0 Å². The molecule has 0 spiro atoms. The van der Waals surface area contributed by atoms with Crippen LogP contribution in [0.1, 0.15) is 5.56 Å². The first-order chi connectivity index (χ1) is 9.13. The second kappa shape index (κ2) is 5.96. The number of benzene rings is 2. The van der Waals surface area contributed by atoms with Gasteiger partial charge in [0.1, 0.15) is 11.8 Å². The lowest BCUT2D eigenvalue weighted by molar-refractivity contribution is 0.415. The normalized spacial score (nSPS) is 9.79. The van der Waals surface area contributed by atoms with E-state index in [1.54, 1.807) is 31.4 Å². The van der Waals surface area contributed by atoms with Crippen LogP contribution in [0.15, 0.2) is 40.9 Å². The van der Waals surface area contributed by atoms with Gasteiger partial charge in [0.05, 0.1) is 29.1 Å². The fourth-order valence-corrected chi connectivity index (χ4v) is 2.31. The molecule has 0 aromatic heterocycles. The van der Waals surface area contributed by atoms with Gasteiger partial charge < -0.3 is 10.1 Å². The lowest BCUT2D eigenvalue weighted by Gasteiger charge is -2.11. The van der Waals surface area contributed by atoms with Gasteiger partial charge in [-0.2, -0.15) is 5.26 Å². The smallest absolute Gasteiger partial charge is 0.121 e. The minimum absolute atomic E-state index is 0.528. The average Bonchev–Trinajstić information content (AvgIpc) is 2.41. The van der Waals surface area contributed by atoms with Crippen molar-refractivity contribution < 1.29 is 4.74 Å². The summed E-state index contributed by atoms with van der Waals surface area (Å²) < 4.78 is 6.05. The first-order valence-corrected chi connectivity index (χ1v) is 6.61. The molecule has 0 unspecified atom stereocenters. The summed E-state index contributed by atoms with van der Waals surface area (Å²) in [6.07, 6.45) is 0. The number of rotatable bonds is 3. The van der Waals surface area contributed by atoms with Gasteiger partial charge in [-0.1, -0.05) is 27.5 Å². The number of nitrogens with one attached hydrogen (secondary N) is 1. The van der Waals surface area contributed by atoms with Gasteiger partial charge >= 0.3 is 0 Å². The van der Waals surface area contributed by atoms with Crippen molar-refractivity contribution in [2.75, 3.05) is 12.4 Å². The highest BCUT2D eigenvalue weighted by atomic mass is 79.9. The van der Waals surface area contributed by atoms with Gasteiger partial charge in [-0.15, -0.1) is 0 Å². The van der Waals surface area contributed by atoms with Gasteiger partial charge in [0, 0.05) is 10.5 Å². The summed E-state index contributed by atoms with van der Waals surface area (Å²) in [6.45, 7) is 0. The molecule has 0 bridgehead atoms. The van der Waals surface area contributed by atoms with E-state index in [4.69, 9.17) is 21.6 Å². The van der Waals surface area contributed by atoms with Gasteiger partial charge in [-0.05, 0) is 30.3 Å². The van der Waals surface area contributed by atoms with Crippen molar-refractivity contribution in [3.05, 3.63) is 51.5 Å². The molecule has 0 aliphatic carbocycles.